The molecule has 154 valence electrons. The summed E-state index contributed by atoms with van der Waals surface area (Å²) in [4.78, 5) is 8.31. The molecule has 2 heterocycles. The highest BCUT2D eigenvalue weighted by Crippen LogP contribution is 2.34. The molecule has 4 rings (SSSR count). The SMILES string of the molecule is Fc1cc(Br)c(OCCCCN2CCN(c3cccc4[nH]ccc34)CC2)c(Br)c1. The summed E-state index contributed by atoms with van der Waals surface area (Å²) in [7, 11) is 0. The summed E-state index contributed by atoms with van der Waals surface area (Å²) < 4.78 is 20.4. The lowest BCUT2D eigenvalue weighted by atomic mass is 10.1. The van der Waals surface area contributed by atoms with Gasteiger partial charge in [-0.1, -0.05) is 6.07 Å². The van der Waals surface area contributed by atoms with Crippen molar-refractivity contribution in [2.45, 2.75) is 12.8 Å². The summed E-state index contributed by atoms with van der Waals surface area (Å²) in [6.07, 6.45) is 4.07. The van der Waals surface area contributed by atoms with Gasteiger partial charge in [0.05, 0.1) is 15.6 Å². The van der Waals surface area contributed by atoms with Crippen LogP contribution in [0.25, 0.3) is 10.9 Å². The maximum Gasteiger partial charge on any atom is 0.147 e. The Morgan fingerprint density at radius 1 is 1.00 bits per heavy atom. The fraction of sp³-hybridized carbons (Fsp3) is 0.364. The minimum atomic E-state index is -0.289. The Hall–Kier alpha value is -1.57. The van der Waals surface area contributed by atoms with Gasteiger partial charge in [0.25, 0.3) is 0 Å². The Bertz CT molecular complexity index is 947. The predicted molar refractivity (Wildman–Crippen MR) is 123 cm³/mol. The number of piperazine rings is 1. The number of nitrogens with zero attached hydrogens (tertiary/aromatic N) is 2. The zero-order valence-electron chi connectivity index (χ0n) is 16.1. The Morgan fingerprint density at radius 2 is 1.76 bits per heavy atom. The van der Waals surface area contributed by atoms with Crippen molar-refractivity contribution in [2.24, 2.45) is 0 Å². The van der Waals surface area contributed by atoms with E-state index in [4.69, 9.17) is 4.74 Å². The number of rotatable bonds is 7. The Morgan fingerprint density at radius 3 is 2.52 bits per heavy atom. The van der Waals surface area contributed by atoms with E-state index < -0.39 is 0 Å². The normalized spacial score (nSPS) is 15.2. The van der Waals surface area contributed by atoms with Crippen LogP contribution in [-0.4, -0.2) is 49.2 Å². The average Bonchev–Trinajstić information content (AvgIpc) is 3.19. The highest BCUT2D eigenvalue weighted by Gasteiger charge is 2.18. The number of H-pyrrole nitrogens is 1. The molecule has 2 aromatic carbocycles. The molecule has 0 radical (unpaired) electrons. The number of benzene rings is 2. The maximum absolute atomic E-state index is 13.3. The summed E-state index contributed by atoms with van der Waals surface area (Å²) in [6, 6.07) is 11.5. The van der Waals surface area contributed by atoms with Gasteiger partial charge in [-0.15, -0.1) is 0 Å². The molecule has 0 atom stereocenters. The largest absolute Gasteiger partial charge is 0.491 e. The van der Waals surface area contributed by atoms with E-state index in [1.54, 1.807) is 0 Å². The van der Waals surface area contributed by atoms with Crippen molar-refractivity contribution in [1.82, 2.24) is 9.88 Å². The molecule has 1 aromatic heterocycles. The van der Waals surface area contributed by atoms with Gasteiger partial charge in [0.1, 0.15) is 11.6 Å². The van der Waals surface area contributed by atoms with Gasteiger partial charge in [-0.2, -0.15) is 0 Å². The van der Waals surface area contributed by atoms with E-state index in [0.29, 0.717) is 21.3 Å². The summed E-state index contributed by atoms with van der Waals surface area (Å²) in [5, 5.41) is 1.30. The first kappa shape index (κ1) is 20.7. The lowest BCUT2D eigenvalue weighted by Gasteiger charge is -2.36. The molecular weight excluding hydrogens is 501 g/mol. The van der Waals surface area contributed by atoms with Gasteiger partial charge >= 0.3 is 0 Å². The number of nitrogens with one attached hydrogen (secondary N) is 1. The van der Waals surface area contributed by atoms with Gasteiger partial charge in [-0.05, 0) is 81.6 Å². The summed E-state index contributed by atoms with van der Waals surface area (Å²) in [6.45, 7) is 5.97. The van der Waals surface area contributed by atoms with Crippen LogP contribution in [0.2, 0.25) is 0 Å². The lowest BCUT2D eigenvalue weighted by Crippen LogP contribution is -2.46. The van der Waals surface area contributed by atoms with Gasteiger partial charge in [0.15, 0.2) is 0 Å². The monoisotopic (exact) mass is 523 g/mol. The molecular formula is C22H24Br2FN3O. The molecule has 0 unspecified atom stereocenters. The average molecular weight is 525 g/mol. The van der Waals surface area contributed by atoms with E-state index in [2.05, 4.69) is 70.9 Å². The van der Waals surface area contributed by atoms with Crippen LogP contribution in [-0.2, 0) is 0 Å². The van der Waals surface area contributed by atoms with Crippen LogP contribution in [0, 0.1) is 5.82 Å². The summed E-state index contributed by atoms with van der Waals surface area (Å²) >= 11 is 6.71. The van der Waals surface area contributed by atoms with Crippen molar-refractivity contribution >= 4 is 48.5 Å². The van der Waals surface area contributed by atoms with E-state index in [9.17, 15) is 4.39 Å². The smallest absolute Gasteiger partial charge is 0.147 e. The molecule has 29 heavy (non-hydrogen) atoms. The Labute approximate surface area is 187 Å². The number of aromatic amines is 1. The molecule has 0 spiro atoms. The van der Waals surface area contributed by atoms with E-state index in [1.807, 2.05) is 6.20 Å². The second kappa shape index (κ2) is 9.49. The molecule has 1 aliphatic heterocycles. The summed E-state index contributed by atoms with van der Waals surface area (Å²) in [5.41, 5.74) is 2.52. The number of ether oxygens (including phenoxy) is 1. The minimum absolute atomic E-state index is 0.289. The molecule has 0 saturated carbocycles. The minimum Gasteiger partial charge on any atom is -0.491 e. The number of unbranched alkanes of at least 4 members (excludes halogenated alkanes) is 1. The first-order valence-corrected chi connectivity index (χ1v) is 11.5. The number of anilines is 1. The highest BCUT2D eigenvalue weighted by molar-refractivity contribution is 9.11. The van der Waals surface area contributed by atoms with Crippen LogP contribution in [0.15, 0.2) is 51.5 Å². The van der Waals surface area contributed by atoms with Crippen molar-refractivity contribution in [3.8, 4) is 5.75 Å². The molecule has 1 aliphatic rings. The van der Waals surface area contributed by atoms with Crippen molar-refractivity contribution in [1.29, 1.82) is 0 Å². The molecule has 0 bridgehead atoms. The molecule has 1 fully saturated rings. The Balaban J connectivity index is 1.20. The third-order valence-electron chi connectivity index (χ3n) is 5.36. The second-order valence-electron chi connectivity index (χ2n) is 7.30. The molecule has 7 heteroatoms. The van der Waals surface area contributed by atoms with Crippen LogP contribution in [0.3, 0.4) is 0 Å². The van der Waals surface area contributed by atoms with Crippen LogP contribution >= 0.6 is 31.9 Å². The van der Waals surface area contributed by atoms with Crippen molar-refractivity contribution in [3.63, 3.8) is 0 Å². The van der Waals surface area contributed by atoms with E-state index >= 15 is 0 Å². The number of hydrogen-bond donors (Lipinski definition) is 1. The van der Waals surface area contributed by atoms with Crippen LogP contribution in [0.1, 0.15) is 12.8 Å². The zero-order chi connectivity index (χ0) is 20.2. The molecule has 0 amide bonds. The third-order valence-corrected chi connectivity index (χ3v) is 6.54. The van der Waals surface area contributed by atoms with Gasteiger partial charge in [0.2, 0.25) is 0 Å². The zero-order valence-corrected chi connectivity index (χ0v) is 19.3. The van der Waals surface area contributed by atoms with Crippen molar-refractivity contribution in [2.75, 3.05) is 44.2 Å². The number of aromatic nitrogens is 1. The first-order valence-electron chi connectivity index (χ1n) is 9.92. The lowest BCUT2D eigenvalue weighted by molar-refractivity contribution is 0.238. The molecule has 3 aromatic rings. The molecule has 1 N–H and O–H groups in total. The van der Waals surface area contributed by atoms with Crippen LogP contribution < -0.4 is 9.64 Å². The van der Waals surface area contributed by atoms with Gasteiger partial charge in [0, 0.05) is 49.0 Å². The highest BCUT2D eigenvalue weighted by atomic mass is 79.9. The molecule has 0 aliphatic carbocycles. The quantitative estimate of drug-likeness (QED) is 0.395. The van der Waals surface area contributed by atoms with Gasteiger partial charge in [-0.3, -0.25) is 4.90 Å². The van der Waals surface area contributed by atoms with E-state index in [1.165, 1.54) is 28.7 Å². The van der Waals surface area contributed by atoms with Crippen LogP contribution in [0.4, 0.5) is 10.1 Å². The second-order valence-corrected chi connectivity index (χ2v) is 9.01. The predicted octanol–water partition coefficient (Wildman–Crippen LogP) is 5.81. The fourth-order valence-corrected chi connectivity index (χ4v) is 5.20. The maximum atomic E-state index is 13.3. The van der Waals surface area contributed by atoms with E-state index in [0.717, 1.165) is 45.6 Å². The standard InChI is InChI=1S/C22H24Br2FN3O/c23-18-14-16(25)15-19(24)22(18)29-13-2-1-8-27-9-11-28(12-10-27)21-5-3-4-20-17(21)6-7-26-20/h3-7,14-15,26H,1-2,8-13H2. The van der Waals surface area contributed by atoms with E-state index in [-0.39, 0.29) is 5.82 Å². The topological polar surface area (TPSA) is 31.5 Å². The summed E-state index contributed by atoms with van der Waals surface area (Å²) in [5.74, 6) is 0.377. The fourth-order valence-electron chi connectivity index (χ4n) is 3.84. The third kappa shape index (κ3) is 4.95. The number of hydrogen-bond acceptors (Lipinski definition) is 3. The first-order chi connectivity index (χ1) is 14.1. The number of halogens is 3. The van der Waals surface area contributed by atoms with Crippen LogP contribution in [0.5, 0.6) is 5.75 Å². The van der Waals surface area contributed by atoms with Crippen molar-refractivity contribution < 1.29 is 9.13 Å². The van der Waals surface area contributed by atoms with Gasteiger partial charge < -0.3 is 14.6 Å². The Kier molecular flexibility index (Phi) is 6.77. The molecule has 1 saturated heterocycles. The van der Waals surface area contributed by atoms with Gasteiger partial charge in [-0.25, -0.2) is 4.39 Å². The van der Waals surface area contributed by atoms with Crippen molar-refractivity contribution in [3.05, 3.63) is 57.4 Å². The number of fused-ring (bicyclic) bond motifs is 1. The molecule has 4 nitrogen and oxygen atoms in total.